The van der Waals surface area contributed by atoms with Gasteiger partial charge in [-0.25, -0.2) is 14.3 Å². The number of carbonyl (C=O) groups excluding carboxylic acids is 1. The molecule has 0 saturated heterocycles. The zero-order chi connectivity index (χ0) is 16.2. The Hall–Kier alpha value is -3.29. The molecule has 0 aliphatic heterocycles. The lowest BCUT2D eigenvalue weighted by Crippen LogP contribution is -2.33. The van der Waals surface area contributed by atoms with Crippen molar-refractivity contribution in [3.05, 3.63) is 65.3 Å². The van der Waals surface area contributed by atoms with Crippen LogP contribution in [0.5, 0.6) is 0 Å². The largest absolute Gasteiger partial charge is 0.309 e. The van der Waals surface area contributed by atoms with Gasteiger partial charge in [-0.15, -0.1) is 5.10 Å². The summed E-state index contributed by atoms with van der Waals surface area (Å²) in [5.41, 5.74) is -0.371. The first-order chi connectivity index (χ1) is 11.1. The molecule has 0 spiro atoms. The Morgan fingerprint density at radius 1 is 1.17 bits per heavy atom. The maximum atomic E-state index is 12.3. The van der Waals surface area contributed by atoms with E-state index in [4.69, 9.17) is 0 Å². The van der Waals surface area contributed by atoms with Gasteiger partial charge in [0.2, 0.25) is 5.91 Å². The Kier molecular flexibility index (Phi) is 3.96. The van der Waals surface area contributed by atoms with E-state index in [1.165, 1.54) is 10.7 Å². The quantitative estimate of drug-likeness (QED) is 0.776. The van der Waals surface area contributed by atoms with Gasteiger partial charge in [0, 0.05) is 24.7 Å². The van der Waals surface area contributed by atoms with E-state index in [-0.39, 0.29) is 11.5 Å². The molecule has 1 unspecified atom stereocenters. The third-order valence-electron chi connectivity index (χ3n) is 3.21. The van der Waals surface area contributed by atoms with Crippen molar-refractivity contribution in [2.45, 2.75) is 13.0 Å². The van der Waals surface area contributed by atoms with E-state index in [0.29, 0.717) is 11.6 Å². The molecule has 0 fully saturated rings. The smallest absolute Gasteiger partial charge is 0.267 e. The topological polar surface area (TPSA) is 94.7 Å². The van der Waals surface area contributed by atoms with Crippen LogP contribution >= 0.6 is 0 Å². The Morgan fingerprint density at radius 2 is 2.04 bits per heavy atom. The van der Waals surface area contributed by atoms with Crippen molar-refractivity contribution in [1.29, 1.82) is 0 Å². The molecule has 0 radical (unpaired) electrons. The normalized spacial score (nSPS) is 11.9. The highest BCUT2D eigenvalue weighted by molar-refractivity contribution is 5.92. The standard InChI is InChI=1S/C15H14N6O2/c1-11(15(23)18-12-5-2-3-8-16-12)21-14(22)7-6-13(19-21)20-10-4-9-17-20/h2-11H,1H3,(H,16,18,23). The van der Waals surface area contributed by atoms with Gasteiger partial charge >= 0.3 is 0 Å². The van der Waals surface area contributed by atoms with Crippen molar-refractivity contribution in [3.8, 4) is 5.82 Å². The van der Waals surface area contributed by atoms with Crippen molar-refractivity contribution >= 4 is 11.7 Å². The Labute approximate surface area is 131 Å². The Balaban J connectivity index is 1.87. The molecule has 1 amide bonds. The van der Waals surface area contributed by atoms with Crippen LogP contribution in [0.2, 0.25) is 0 Å². The average Bonchev–Trinajstić information content (AvgIpc) is 3.10. The van der Waals surface area contributed by atoms with Crippen LogP contribution in [0.3, 0.4) is 0 Å². The first-order valence-corrected chi connectivity index (χ1v) is 6.97. The third kappa shape index (κ3) is 3.15. The number of hydrogen-bond donors (Lipinski definition) is 1. The van der Waals surface area contributed by atoms with Crippen LogP contribution in [0.15, 0.2) is 59.8 Å². The summed E-state index contributed by atoms with van der Waals surface area (Å²) in [4.78, 5) is 28.3. The van der Waals surface area contributed by atoms with Crippen molar-refractivity contribution in [2.24, 2.45) is 0 Å². The molecule has 0 aliphatic carbocycles. The fourth-order valence-electron chi connectivity index (χ4n) is 2.00. The van der Waals surface area contributed by atoms with Gasteiger partial charge in [0.05, 0.1) is 0 Å². The molecule has 0 aromatic carbocycles. The summed E-state index contributed by atoms with van der Waals surface area (Å²) in [6.45, 7) is 1.60. The minimum atomic E-state index is -0.792. The molecule has 0 aliphatic rings. The number of nitrogens with one attached hydrogen (secondary N) is 1. The monoisotopic (exact) mass is 310 g/mol. The van der Waals surface area contributed by atoms with Crippen molar-refractivity contribution in [2.75, 3.05) is 5.32 Å². The second kappa shape index (κ2) is 6.22. The molecule has 116 valence electrons. The number of nitrogens with zero attached hydrogens (tertiary/aromatic N) is 5. The summed E-state index contributed by atoms with van der Waals surface area (Å²) < 4.78 is 2.63. The molecule has 23 heavy (non-hydrogen) atoms. The van der Waals surface area contributed by atoms with Crippen LogP contribution in [0, 0.1) is 0 Å². The third-order valence-corrected chi connectivity index (χ3v) is 3.21. The summed E-state index contributed by atoms with van der Waals surface area (Å²) in [7, 11) is 0. The van der Waals surface area contributed by atoms with Gasteiger partial charge in [0.1, 0.15) is 11.9 Å². The molecule has 3 rings (SSSR count). The number of pyridine rings is 1. The number of anilines is 1. The SMILES string of the molecule is CC(C(=O)Nc1ccccn1)n1nc(-n2cccn2)ccc1=O. The lowest BCUT2D eigenvalue weighted by molar-refractivity contribution is -0.119. The van der Waals surface area contributed by atoms with E-state index >= 15 is 0 Å². The van der Waals surface area contributed by atoms with Gasteiger partial charge in [-0.05, 0) is 31.2 Å². The lowest BCUT2D eigenvalue weighted by atomic mass is 10.3. The molecule has 8 nitrogen and oxygen atoms in total. The zero-order valence-electron chi connectivity index (χ0n) is 12.3. The van der Waals surface area contributed by atoms with Gasteiger partial charge < -0.3 is 5.32 Å². The number of hydrogen-bond acceptors (Lipinski definition) is 5. The maximum Gasteiger partial charge on any atom is 0.267 e. The number of amides is 1. The molecule has 0 bridgehead atoms. The second-order valence-electron chi connectivity index (χ2n) is 4.81. The summed E-state index contributed by atoms with van der Waals surface area (Å²) in [6.07, 6.45) is 4.88. The van der Waals surface area contributed by atoms with Crippen molar-refractivity contribution < 1.29 is 4.79 Å². The zero-order valence-corrected chi connectivity index (χ0v) is 12.3. The van der Waals surface area contributed by atoms with Crippen LogP contribution in [0.25, 0.3) is 5.82 Å². The van der Waals surface area contributed by atoms with Gasteiger partial charge in [0.15, 0.2) is 5.82 Å². The first kappa shape index (κ1) is 14.6. The molecule has 0 saturated carbocycles. The van der Waals surface area contributed by atoms with Gasteiger partial charge in [-0.3, -0.25) is 9.59 Å². The van der Waals surface area contributed by atoms with Crippen LogP contribution in [0.4, 0.5) is 5.82 Å². The fourth-order valence-corrected chi connectivity index (χ4v) is 2.00. The van der Waals surface area contributed by atoms with E-state index in [9.17, 15) is 9.59 Å². The van der Waals surface area contributed by atoms with Gasteiger partial charge in [-0.1, -0.05) is 6.07 Å². The summed E-state index contributed by atoms with van der Waals surface area (Å²) >= 11 is 0. The Morgan fingerprint density at radius 3 is 2.74 bits per heavy atom. The lowest BCUT2D eigenvalue weighted by Gasteiger charge is -2.14. The van der Waals surface area contributed by atoms with Crippen LogP contribution < -0.4 is 10.9 Å². The molecule has 1 atom stereocenters. The molecular weight excluding hydrogens is 296 g/mol. The highest BCUT2D eigenvalue weighted by Gasteiger charge is 2.18. The van der Waals surface area contributed by atoms with E-state index < -0.39 is 6.04 Å². The maximum absolute atomic E-state index is 12.3. The summed E-state index contributed by atoms with van der Waals surface area (Å²) in [5.74, 6) is 0.489. The first-order valence-electron chi connectivity index (χ1n) is 6.97. The Bertz CT molecular complexity index is 857. The van der Waals surface area contributed by atoms with E-state index in [0.717, 1.165) is 4.68 Å². The molecule has 8 heteroatoms. The van der Waals surface area contributed by atoms with E-state index in [2.05, 4.69) is 20.5 Å². The van der Waals surface area contributed by atoms with Gasteiger partial charge in [-0.2, -0.15) is 5.10 Å². The van der Waals surface area contributed by atoms with Crippen molar-refractivity contribution in [3.63, 3.8) is 0 Å². The average molecular weight is 310 g/mol. The predicted octanol–water partition coefficient (Wildman–Crippen LogP) is 1.02. The minimum Gasteiger partial charge on any atom is -0.309 e. The number of aromatic nitrogens is 5. The molecule has 3 aromatic heterocycles. The highest BCUT2D eigenvalue weighted by Crippen LogP contribution is 2.08. The van der Waals surface area contributed by atoms with Crippen LogP contribution in [-0.2, 0) is 4.79 Å². The minimum absolute atomic E-state index is 0.371. The highest BCUT2D eigenvalue weighted by atomic mass is 16.2. The molecule has 3 aromatic rings. The molecule has 1 N–H and O–H groups in total. The number of rotatable bonds is 4. The van der Waals surface area contributed by atoms with E-state index in [1.54, 1.807) is 55.8 Å². The second-order valence-corrected chi connectivity index (χ2v) is 4.81. The summed E-state index contributed by atoms with van der Waals surface area (Å²) in [6, 6.07) is 9.04. The predicted molar refractivity (Wildman–Crippen MR) is 83.2 cm³/mol. The molecule has 3 heterocycles. The fraction of sp³-hybridized carbons (Fsp3) is 0.133. The summed E-state index contributed by atoms with van der Waals surface area (Å²) in [5, 5.41) is 10.9. The van der Waals surface area contributed by atoms with Gasteiger partial charge in [0.25, 0.3) is 5.56 Å². The van der Waals surface area contributed by atoms with E-state index in [1.807, 2.05) is 0 Å². The van der Waals surface area contributed by atoms with Crippen molar-refractivity contribution in [1.82, 2.24) is 24.5 Å². The molecular formula is C15H14N6O2. The van der Waals surface area contributed by atoms with Crippen LogP contribution in [0.1, 0.15) is 13.0 Å². The van der Waals surface area contributed by atoms with Crippen LogP contribution in [-0.4, -0.2) is 30.5 Å². The number of carbonyl (C=O) groups is 1.